The van der Waals surface area contributed by atoms with Gasteiger partial charge in [0.15, 0.2) is 0 Å². The molecule has 16 heavy (non-hydrogen) atoms. The molecule has 5 heteroatoms. The van der Waals surface area contributed by atoms with E-state index in [-0.39, 0.29) is 5.91 Å². The van der Waals surface area contributed by atoms with Crippen molar-refractivity contribution < 1.29 is 4.79 Å². The van der Waals surface area contributed by atoms with Crippen molar-refractivity contribution in [2.45, 2.75) is 0 Å². The van der Waals surface area contributed by atoms with Crippen LogP contribution in [0.4, 0.5) is 11.5 Å². The van der Waals surface area contributed by atoms with E-state index in [0.717, 1.165) is 0 Å². The molecule has 0 aliphatic heterocycles. The summed E-state index contributed by atoms with van der Waals surface area (Å²) in [7, 11) is 0. The molecule has 0 spiro atoms. The first-order valence-electron chi connectivity index (χ1n) is 4.68. The zero-order chi connectivity index (χ0) is 11.4. The Morgan fingerprint density at radius 3 is 2.88 bits per heavy atom. The van der Waals surface area contributed by atoms with Gasteiger partial charge in [0.25, 0.3) is 5.91 Å². The smallest absolute Gasteiger partial charge is 0.256 e. The fourth-order valence-corrected chi connectivity index (χ4v) is 1.23. The SMILES string of the molecule is Nc1cccc(C(=O)Nc2ccncn2)c1. The molecular formula is C11H10N4O. The molecule has 2 rings (SSSR count). The Kier molecular flexibility index (Phi) is 2.77. The van der Waals surface area contributed by atoms with Crippen molar-refractivity contribution >= 4 is 17.4 Å². The van der Waals surface area contributed by atoms with E-state index in [2.05, 4.69) is 15.3 Å². The van der Waals surface area contributed by atoms with E-state index in [4.69, 9.17) is 5.73 Å². The molecule has 0 atom stereocenters. The van der Waals surface area contributed by atoms with Crippen molar-refractivity contribution in [3.63, 3.8) is 0 Å². The molecule has 0 aliphatic rings. The number of anilines is 2. The number of rotatable bonds is 2. The van der Waals surface area contributed by atoms with Crippen molar-refractivity contribution in [2.75, 3.05) is 11.1 Å². The van der Waals surface area contributed by atoms with E-state index in [1.54, 1.807) is 36.5 Å². The predicted molar refractivity (Wildman–Crippen MR) is 60.8 cm³/mol. The Labute approximate surface area is 92.3 Å². The van der Waals surface area contributed by atoms with Gasteiger partial charge < -0.3 is 11.1 Å². The maximum absolute atomic E-state index is 11.7. The number of nitrogens with two attached hydrogens (primary N) is 1. The molecule has 80 valence electrons. The van der Waals surface area contributed by atoms with Gasteiger partial charge in [-0.3, -0.25) is 4.79 Å². The third kappa shape index (κ3) is 2.33. The molecule has 5 nitrogen and oxygen atoms in total. The summed E-state index contributed by atoms with van der Waals surface area (Å²) in [6.45, 7) is 0. The summed E-state index contributed by atoms with van der Waals surface area (Å²) in [5.74, 6) is 0.216. The van der Waals surface area contributed by atoms with Gasteiger partial charge in [-0.15, -0.1) is 0 Å². The van der Waals surface area contributed by atoms with Crippen LogP contribution in [-0.2, 0) is 0 Å². The molecule has 3 N–H and O–H groups in total. The Bertz CT molecular complexity index is 498. The van der Waals surface area contributed by atoms with Gasteiger partial charge in [0.2, 0.25) is 0 Å². The van der Waals surface area contributed by atoms with Crippen LogP contribution >= 0.6 is 0 Å². The lowest BCUT2D eigenvalue weighted by molar-refractivity contribution is 0.102. The van der Waals surface area contributed by atoms with Gasteiger partial charge in [-0.25, -0.2) is 9.97 Å². The minimum absolute atomic E-state index is 0.244. The zero-order valence-corrected chi connectivity index (χ0v) is 8.42. The second-order valence-electron chi connectivity index (χ2n) is 3.17. The number of aromatic nitrogens is 2. The van der Waals surface area contributed by atoms with Crippen molar-refractivity contribution in [3.8, 4) is 0 Å². The average Bonchev–Trinajstić information content (AvgIpc) is 2.30. The van der Waals surface area contributed by atoms with Gasteiger partial charge >= 0.3 is 0 Å². The van der Waals surface area contributed by atoms with Crippen LogP contribution < -0.4 is 11.1 Å². The predicted octanol–water partition coefficient (Wildman–Crippen LogP) is 1.31. The normalized spacial score (nSPS) is 9.75. The largest absolute Gasteiger partial charge is 0.399 e. The molecule has 0 aliphatic carbocycles. The average molecular weight is 214 g/mol. The number of carbonyl (C=O) groups is 1. The summed E-state index contributed by atoms with van der Waals surface area (Å²) in [5, 5.41) is 2.64. The van der Waals surface area contributed by atoms with Gasteiger partial charge in [-0.05, 0) is 24.3 Å². The van der Waals surface area contributed by atoms with Crippen LogP contribution in [0.15, 0.2) is 42.9 Å². The molecule has 2 aromatic rings. The maximum atomic E-state index is 11.7. The molecule has 0 unspecified atom stereocenters. The Morgan fingerprint density at radius 1 is 1.31 bits per heavy atom. The number of amides is 1. The van der Waals surface area contributed by atoms with Crippen molar-refractivity contribution in [3.05, 3.63) is 48.4 Å². The molecule has 0 radical (unpaired) electrons. The van der Waals surface area contributed by atoms with E-state index in [0.29, 0.717) is 17.1 Å². The summed E-state index contributed by atoms with van der Waals surface area (Å²) in [6.07, 6.45) is 2.93. The Morgan fingerprint density at radius 2 is 2.19 bits per heavy atom. The second-order valence-corrected chi connectivity index (χ2v) is 3.17. The van der Waals surface area contributed by atoms with Gasteiger partial charge in [0.1, 0.15) is 12.1 Å². The number of nitrogen functional groups attached to an aromatic ring is 1. The number of benzene rings is 1. The lowest BCUT2D eigenvalue weighted by Crippen LogP contribution is -2.13. The molecule has 0 saturated heterocycles. The van der Waals surface area contributed by atoms with E-state index >= 15 is 0 Å². The monoisotopic (exact) mass is 214 g/mol. The highest BCUT2D eigenvalue weighted by atomic mass is 16.1. The van der Waals surface area contributed by atoms with Crippen molar-refractivity contribution in [1.82, 2.24) is 9.97 Å². The fourth-order valence-electron chi connectivity index (χ4n) is 1.23. The van der Waals surface area contributed by atoms with Crippen molar-refractivity contribution in [1.29, 1.82) is 0 Å². The number of hydrogen-bond donors (Lipinski definition) is 2. The molecule has 1 amide bonds. The highest BCUT2D eigenvalue weighted by Crippen LogP contribution is 2.08. The summed E-state index contributed by atoms with van der Waals surface area (Å²) < 4.78 is 0. The highest BCUT2D eigenvalue weighted by molar-refractivity contribution is 6.04. The number of hydrogen-bond acceptors (Lipinski definition) is 4. The molecule has 1 aromatic heterocycles. The fraction of sp³-hybridized carbons (Fsp3) is 0. The van der Waals surface area contributed by atoms with Crippen LogP contribution in [-0.4, -0.2) is 15.9 Å². The van der Waals surface area contributed by atoms with Gasteiger partial charge in [-0.2, -0.15) is 0 Å². The van der Waals surface area contributed by atoms with E-state index < -0.39 is 0 Å². The molecule has 0 bridgehead atoms. The lowest BCUT2D eigenvalue weighted by atomic mass is 10.2. The van der Waals surface area contributed by atoms with Crippen LogP contribution in [0.2, 0.25) is 0 Å². The molecule has 1 heterocycles. The van der Waals surface area contributed by atoms with Crippen LogP contribution in [0.25, 0.3) is 0 Å². The molecular weight excluding hydrogens is 204 g/mol. The quantitative estimate of drug-likeness (QED) is 0.738. The summed E-state index contributed by atoms with van der Waals surface area (Å²) in [4.78, 5) is 19.4. The Hall–Kier alpha value is -2.43. The first-order valence-corrected chi connectivity index (χ1v) is 4.68. The lowest BCUT2D eigenvalue weighted by Gasteiger charge is -2.03. The van der Waals surface area contributed by atoms with E-state index in [1.807, 2.05) is 0 Å². The highest BCUT2D eigenvalue weighted by Gasteiger charge is 2.06. The maximum Gasteiger partial charge on any atom is 0.256 e. The van der Waals surface area contributed by atoms with Crippen LogP contribution in [0.5, 0.6) is 0 Å². The molecule has 0 saturated carbocycles. The Balaban J connectivity index is 2.15. The third-order valence-electron chi connectivity index (χ3n) is 1.97. The number of nitrogens with one attached hydrogen (secondary N) is 1. The third-order valence-corrected chi connectivity index (χ3v) is 1.97. The van der Waals surface area contributed by atoms with Gasteiger partial charge in [0, 0.05) is 17.4 Å². The summed E-state index contributed by atoms with van der Waals surface area (Å²) >= 11 is 0. The number of carbonyl (C=O) groups excluding carboxylic acids is 1. The van der Waals surface area contributed by atoms with Crippen LogP contribution in [0.3, 0.4) is 0 Å². The first-order chi connectivity index (χ1) is 7.75. The van der Waals surface area contributed by atoms with Crippen LogP contribution in [0.1, 0.15) is 10.4 Å². The van der Waals surface area contributed by atoms with Gasteiger partial charge in [-0.1, -0.05) is 6.07 Å². The molecule has 0 fully saturated rings. The zero-order valence-electron chi connectivity index (χ0n) is 8.42. The van der Waals surface area contributed by atoms with Crippen molar-refractivity contribution in [2.24, 2.45) is 0 Å². The standard InChI is InChI=1S/C11H10N4O/c12-9-3-1-2-8(6-9)11(16)15-10-4-5-13-7-14-10/h1-7H,12H2,(H,13,14,15,16). The topological polar surface area (TPSA) is 80.9 Å². The van der Waals surface area contributed by atoms with E-state index in [1.165, 1.54) is 6.33 Å². The summed E-state index contributed by atoms with van der Waals surface area (Å²) in [6, 6.07) is 8.36. The minimum Gasteiger partial charge on any atom is -0.399 e. The molecule has 1 aromatic carbocycles. The van der Waals surface area contributed by atoms with Crippen LogP contribution in [0, 0.1) is 0 Å². The first kappa shape index (κ1) is 10.1. The summed E-state index contributed by atoms with van der Waals surface area (Å²) in [5.41, 5.74) is 6.63. The second kappa shape index (κ2) is 4.39. The minimum atomic E-state index is -0.244. The number of nitrogens with zero attached hydrogens (tertiary/aromatic N) is 2. The van der Waals surface area contributed by atoms with E-state index in [9.17, 15) is 4.79 Å². The van der Waals surface area contributed by atoms with Gasteiger partial charge in [0.05, 0.1) is 0 Å².